The third kappa shape index (κ3) is 5.83. The molecule has 0 aliphatic carbocycles. The van der Waals surface area contributed by atoms with Gasteiger partial charge in [0, 0.05) is 13.0 Å². The van der Waals surface area contributed by atoms with Crippen molar-refractivity contribution in [2.75, 3.05) is 6.61 Å². The Bertz CT molecular complexity index is 707. The summed E-state index contributed by atoms with van der Waals surface area (Å²) in [6, 6.07) is 7.85. The third-order valence-corrected chi connectivity index (χ3v) is 3.07. The molecule has 0 unspecified atom stereocenters. The molecule has 122 valence electrons. The number of imidazole rings is 1. The Morgan fingerprint density at radius 1 is 1.35 bits per heavy atom. The van der Waals surface area contributed by atoms with Crippen molar-refractivity contribution in [1.82, 2.24) is 4.57 Å². The summed E-state index contributed by atoms with van der Waals surface area (Å²) < 4.78 is 8.31. The fourth-order valence-corrected chi connectivity index (χ4v) is 2.03. The topological polar surface area (TPSA) is 52.2 Å². The Morgan fingerprint density at radius 3 is 2.78 bits per heavy atom. The summed E-state index contributed by atoms with van der Waals surface area (Å²) in [5.74, 6) is -0.370. The van der Waals surface area contributed by atoms with Gasteiger partial charge in [0.05, 0.1) is 6.61 Å². The average Bonchev–Trinajstić information content (AvgIpc) is 2.95. The van der Waals surface area contributed by atoms with E-state index in [2.05, 4.69) is 0 Å². The second-order valence-electron chi connectivity index (χ2n) is 4.84. The van der Waals surface area contributed by atoms with Gasteiger partial charge in [0.2, 0.25) is 0 Å². The minimum atomic E-state index is -0.346. The van der Waals surface area contributed by atoms with Crippen LogP contribution in [-0.4, -0.2) is 23.1 Å². The van der Waals surface area contributed by atoms with E-state index in [0.717, 1.165) is 11.1 Å². The Morgan fingerprint density at radius 2 is 2.13 bits per heavy atom. The largest absolute Gasteiger partial charge is 1.00 e. The quantitative estimate of drug-likeness (QED) is 0.383. The number of benzene rings is 1. The van der Waals surface area contributed by atoms with Gasteiger partial charge in [0.1, 0.15) is 18.9 Å². The number of aromatic nitrogens is 2. The SMILES string of the molecule is CCOC(=O)C=Cc1cccc(C[n+]2ccn(C(C)=O)c2)c1.[Br-]. The van der Waals surface area contributed by atoms with E-state index in [4.69, 9.17) is 4.74 Å². The zero-order valence-electron chi connectivity index (χ0n) is 13.1. The lowest BCUT2D eigenvalue weighted by Gasteiger charge is -2.00. The molecule has 23 heavy (non-hydrogen) atoms. The Kier molecular flexibility index (Phi) is 7.41. The van der Waals surface area contributed by atoms with Crippen LogP contribution in [-0.2, 0) is 16.1 Å². The van der Waals surface area contributed by atoms with Gasteiger partial charge in [0.15, 0.2) is 0 Å². The molecule has 0 aliphatic rings. The van der Waals surface area contributed by atoms with Crippen LogP contribution in [0, 0.1) is 0 Å². The molecule has 0 bridgehead atoms. The highest BCUT2D eigenvalue weighted by Crippen LogP contribution is 2.07. The van der Waals surface area contributed by atoms with E-state index < -0.39 is 0 Å². The lowest BCUT2D eigenvalue weighted by molar-refractivity contribution is -0.687. The number of esters is 1. The van der Waals surface area contributed by atoms with E-state index in [-0.39, 0.29) is 28.9 Å². The number of hydrogen-bond acceptors (Lipinski definition) is 3. The van der Waals surface area contributed by atoms with Gasteiger partial charge in [-0.2, -0.15) is 4.57 Å². The van der Waals surface area contributed by atoms with Crippen molar-refractivity contribution in [3.8, 4) is 0 Å². The van der Waals surface area contributed by atoms with Gasteiger partial charge in [-0.1, -0.05) is 18.2 Å². The van der Waals surface area contributed by atoms with E-state index in [1.165, 1.54) is 17.6 Å². The summed E-state index contributed by atoms with van der Waals surface area (Å²) in [6.07, 6.45) is 8.48. The molecule has 1 aromatic carbocycles. The molecule has 1 heterocycles. The van der Waals surface area contributed by atoms with Crippen LogP contribution in [0.15, 0.2) is 49.1 Å². The van der Waals surface area contributed by atoms with Crippen molar-refractivity contribution in [3.63, 3.8) is 0 Å². The molecule has 0 spiro atoms. The minimum absolute atomic E-state index is 0. The maximum atomic E-state index is 11.3. The molecule has 6 heteroatoms. The van der Waals surface area contributed by atoms with Gasteiger partial charge in [-0.3, -0.25) is 0 Å². The van der Waals surface area contributed by atoms with Crippen LogP contribution in [0.1, 0.15) is 29.8 Å². The van der Waals surface area contributed by atoms with Crippen molar-refractivity contribution in [3.05, 3.63) is 60.2 Å². The van der Waals surface area contributed by atoms with Gasteiger partial charge < -0.3 is 21.7 Å². The van der Waals surface area contributed by atoms with Gasteiger partial charge in [-0.15, -0.1) is 0 Å². The lowest BCUT2D eigenvalue weighted by Crippen LogP contribution is -3.00. The number of carbonyl (C=O) groups is 2. The Labute approximate surface area is 146 Å². The van der Waals surface area contributed by atoms with Crippen molar-refractivity contribution in [1.29, 1.82) is 0 Å². The number of nitrogens with zero attached hydrogens (tertiary/aromatic N) is 2. The van der Waals surface area contributed by atoms with Gasteiger partial charge in [0.25, 0.3) is 6.33 Å². The second-order valence-corrected chi connectivity index (χ2v) is 4.84. The van der Waals surface area contributed by atoms with Gasteiger partial charge >= 0.3 is 11.9 Å². The molecule has 1 aromatic heterocycles. The normalized spacial score (nSPS) is 10.3. The zero-order valence-corrected chi connectivity index (χ0v) is 14.7. The van der Waals surface area contributed by atoms with Crippen LogP contribution in [0.5, 0.6) is 0 Å². The van der Waals surface area contributed by atoms with E-state index in [1.54, 1.807) is 25.5 Å². The highest BCUT2D eigenvalue weighted by molar-refractivity contribution is 5.87. The first kappa shape index (κ1) is 18.8. The highest BCUT2D eigenvalue weighted by Gasteiger charge is 2.08. The zero-order chi connectivity index (χ0) is 15.9. The van der Waals surface area contributed by atoms with Crippen LogP contribution >= 0.6 is 0 Å². The maximum absolute atomic E-state index is 11.3. The van der Waals surface area contributed by atoms with Gasteiger partial charge in [-0.05, 0) is 30.2 Å². The van der Waals surface area contributed by atoms with Crippen molar-refractivity contribution in [2.45, 2.75) is 20.4 Å². The minimum Gasteiger partial charge on any atom is -1.00 e. The van der Waals surface area contributed by atoms with E-state index in [1.807, 2.05) is 35.0 Å². The first-order valence-corrected chi connectivity index (χ1v) is 7.10. The molecule has 0 aliphatic heterocycles. The Balaban J connectivity index is 0.00000264. The highest BCUT2D eigenvalue weighted by atomic mass is 79.9. The van der Waals surface area contributed by atoms with Crippen LogP contribution in [0.4, 0.5) is 0 Å². The molecule has 0 radical (unpaired) electrons. The van der Waals surface area contributed by atoms with Gasteiger partial charge in [-0.25, -0.2) is 14.2 Å². The Hall–Kier alpha value is -2.21. The molecule has 2 aromatic rings. The maximum Gasteiger partial charge on any atom is 0.330 e. The van der Waals surface area contributed by atoms with Crippen molar-refractivity contribution in [2.24, 2.45) is 0 Å². The molecule has 0 saturated carbocycles. The van der Waals surface area contributed by atoms with Crippen LogP contribution in [0.2, 0.25) is 0 Å². The standard InChI is InChI=1S/C17H19N2O3.BrH/c1-3-22-17(21)8-7-15-5-4-6-16(11-15)12-18-9-10-19(13-18)14(2)20;/h4-11,13H,3,12H2,1-2H3;1H/q+1;/p-1. The second kappa shape index (κ2) is 9.05. The average molecular weight is 379 g/mol. The molecular formula is C17H19BrN2O3. The molecular weight excluding hydrogens is 360 g/mol. The van der Waals surface area contributed by atoms with Crippen molar-refractivity contribution >= 4 is 18.0 Å². The molecule has 0 saturated heterocycles. The number of carbonyl (C=O) groups excluding carboxylic acids is 2. The van der Waals surface area contributed by atoms with Crippen molar-refractivity contribution < 1.29 is 35.9 Å². The fraction of sp³-hybridized carbons (Fsp3) is 0.235. The number of halogens is 1. The summed E-state index contributed by atoms with van der Waals surface area (Å²) in [7, 11) is 0. The van der Waals surface area contributed by atoms with Crippen LogP contribution < -0.4 is 21.5 Å². The van der Waals surface area contributed by atoms with E-state index >= 15 is 0 Å². The number of rotatable bonds is 5. The smallest absolute Gasteiger partial charge is 0.330 e. The predicted molar refractivity (Wildman–Crippen MR) is 82.1 cm³/mol. The van der Waals surface area contributed by atoms with E-state index in [9.17, 15) is 9.59 Å². The fourth-order valence-electron chi connectivity index (χ4n) is 2.03. The summed E-state index contributed by atoms with van der Waals surface area (Å²) >= 11 is 0. The predicted octanol–water partition coefficient (Wildman–Crippen LogP) is -0.936. The third-order valence-electron chi connectivity index (χ3n) is 3.07. The summed E-state index contributed by atoms with van der Waals surface area (Å²) in [5.41, 5.74) is 2.01. The first-order chi connectivity index (χ1) is 10.6. The molecule has 2 rings (SSSR count). The molecule has 0 amide bonds. The number of ether oxygens (including phenoxy) is 1. The number of hydrogen-bond donors (Lipinski definition) is 0. The summed E-state index contributed by atoms with van der Waals surface area (Å²) in [5, 5.41) is 0. The van der Waals surface area contributed by atoms with Crippen LogP contribution in [0.25, 0.3) is 6.08 Å². The van der Waals surface area contributed by atoms with E-state index in [0.29, 0.717) is 13.2 Å². The van der Waals surface area contributed by atoms with Crippen LogP contribution in [0.3, 0.4) is 0 Å². The molecule has 5 nitrogen and oxygen atoms in total. The molecule has 0 fully saturated rings. The first-order valence-electron chi connectivity index (χ1n) is 7.10. The monoisotopic (exact) mass is 378 g/mol. The molecule has 0 N–H and O–H groups in total. The summed E-state index contributed by atoms with van der Waals surface area (Å²) in [4.78, 5) is 22.6. The lowest BCUT2D eigenvalue weighted by atomic mass is 10.1. The summed E-state index contributed by atoms with van der Waals surface area (Å²) in [6.45, 7) is 4.32. The molecule has 0 atom stereocenters.